The van der Waals surface area contributed by atoms with E-state index in [-0.39, 0.29) is 4.75 Å². The van der Waals surface area contributed by atoms with E-state index < -0.39 is 0 Å². The molecule has 0 aromatic heterocycles. The Kier molecular flexibility index (Phi) is 5.51. The first-order chi connectivity index (χ1) is 11.5. The number of hydrogen-bond donors (Lipinski definition) is 0. The number of halogens is 2. The number of nitrogens with zero attached hydrogens (tertiary/aromatic N) is 3. The van der Waals surface area contributed by atoms with Gasteiger partial charge in [-0.15, -0.1) is 23.5 Å². The molecule has 2 heterocycles. The summed E-state index contributed by atoms with van der Waals surface area (Å²) in [7, 11) is 0. The molecule has 0 saturated carbocycles. The van der Waals surface area contributed by atoms with Crippen LogP contribution in [0.15, 0.2) is 45.5 Å². The summed E-state index contributed by atoms with van der Waals surface area (Å²) in [5, 5.41) is 11.0. The third-order valence-electron chi connectivity index (χ3n) is 3.82. The van der Waals surface area contributed by atoms with E-state index in [9.17, 15) is 5.26 Å². The fourth-order valence-electron chi connectivity index (χ4n) is 2.57. The predicted molar refractivity (Wildman–Crippen MR) is 105 cm³/mol. The third-order valence-corrected chi connectivity index (χ3v) is 7.53. The van der Waals surface area contributed by atoms with Crippen LogP contribution in [0, 0.1) is 11.3 Å². The summed E-state index contributed by atoms with van der Waals surface area (Å²) in [6.07, 6.45) is 6.27. The number of nitriles is 1. The fourth-order valence-corrected chi connectivity index (χ4v) is 6.44. The molecule has 3 rings (SSSR count). The van der Waals surface area contributed by atoms with Crippen LogP contribution < -0.4 is 0 Å². The third kappa shape index (κ3) is 3.62. The normalized spacial score (nSPS) is 25.5. The van der Waals surface area contributed by atoms with Gasteiger partial charge in [0, 0.05) is 47.4 Å². The van der Waals surface area contributed by atoms with Gasteiger partial charge in [0.15, 0.2) is 0 Å². The lowest BCUT2D eigenvalue weighted by Crippen LogP contribution is -2.18. The number of allylic oxidation sites excluding steroid dienone is 1. The highest BCUT2D eigenvalue weighted by Crippen LogP contribution is 2.57. The van der Waals surface area contributed by atoms with Crippen LogP contribution >= 0.6 is 46.7 Å². The topological polar surface area (TPSA) is 39.4 Å². The lowest BCUT2D eigenvalue weighted by Gasteiger charge is -2.24. The van der Waals surface area contributed by atoms with E-state index in [4.69, 9.17) is 23.2 Å². The number of aliphatic imine (C=N–C) groups is 1. The van der Waals surface area contributed by atoms with Crippen molar-refractivity contribution in [3.8, 4) is 6.07 Å². The Balaban J connectivity index is 1.91. The molecule has 0 N–H and O–H groups in total. The van der Waals surface area contributed by atoms with Gasteiger partial charge in [-0.1, -0.05) is 29.3 Å². The van der Waals surface area contributed by atoms with Crippen LogP contribution in [-0.4, -0.2) is 23.4 Å². The second-order valence-corrected chi connectivity index (χ2v) is 9.21. The molecule has 0 spiro atoms. The molecule has 0 amide bonds. The van der Waals surface area contributed by atoms with E-state index in [0.717, 1.165) is 28.5 Å². The Bertz CT molecular complexity index is 783. The zero-order chi connectivity index (χ0) is 17.2. The van der Waals surface area contributed by atoms with Gasteiger partial charge >= 0.3 is 0 Å². The van der Waals surface area contributed by atoms with Crippen molar-refractivity contribution in [1.29, 1.82) is 5.26 Å². The molecule has 0 radical (unpaired) electrons. The summed E-state index contributed by atoms with van der Waals surface area (Å²) < 4.78 is 0.841. The molecule has 0 bridgehead atoms. The molecule has 1 aromatic carbocycles. The van der Waals surface area contributed by atoms with Crippen molar-refractivity contribution < 1.29 is 0 Å². The van der Waals surface area contributed by atoms with Crippen LogP contribution in [0.3, 0.4) is 0 Å². The number of rotatable bonds is 2. The van der Waals surface area contributed by atoms with Gasteiger partial charge in [0.05, 0.1) is 8.98 Å². The quantitative estimate of drug-likeness (QED) is 0.608. The number of thioether (sulfide) groups is 2. The zero-order valence-corrected chi connectivity index (χ0v) is 16.1. The smallest absolute Gasteiger partial charge is 0.140 e. The number of hydrogen-bond acceptors (Lipinski definition) is 5. The molecule has 1 saturated heterocycles. The summed E-state index contributed by atoms with van der Waals surface area (Å²) >= 11 is 15.8. The standard InChI is InChI=1S/C17H15Cl2N3S2/c1-17(13-4-3-12(18)9-14(13)19)11-23-16(24-17)15(10-20)22-7-2-5-21-6-8-22/h3-6,8-9H,2,7,11H2,1H3/b16-15+/t17-/m0/s1. The first-order valence-electron chi connectivity index (χ1n) is 7.40. The van der Waals surface area contributed by atoms with E-state index in [0.29, 0.717) is 15.7 Å². The minimum absolute atomic E-state index is 0.185. The first-order valence-corrected chi connectivity index (χ1v) is 9.96. The molecular formula is C17H15Cl2N3S2. The van der Waals surface area contributed by atoms with Crippen molar-refractivity contribution in [2.45, 2.75) is 18.1 Å². The minimum atomic E-state index is -0.185. The van der Waals surface area contributed by atoms with E-state index in [1.165, 1.54) is 0 Å². The highest BCUT2D eigenvalue weighted by Gasteiger charge is 2.38. The van der Waals surface area contributed by atoms with Gasteiger partial charge < -0.3 is 4.90 Å². The highest BCUT2D eigenvalue weighted by molar-refractivity contribution is 8.25. The van der Waals surface area contributed by atoms with Crippen LogP contribution in [0.25, 0.3) is 0 Å². The van der Waals surface area contributed by atoms with Crippen molar-refractivity contribution in [1.82, 2.24) is 4.90 Å². The van der Waals surface area contributed by atoms with Crippen LogP contribution in [0.4, 0.5) is 0 Å². The molecule has 1 fully saturated rings. The second-order valence-electron chi connectivity index (χ2n) is 5.61. The molecule has 0 aliphatic carbocycles. The van der Waals surface area contributed by atoms with Gasteiger partial charge in [-0.2, -0.15) is 5.26 Å². The van der Waals surface area contributed by atoms with E-state index in [1.54, 1.807) is 35.8 Å². The van der Waals surface area contributed by atoms with Gasteiger partial charge in [0.1, 0.15) is 11.8 Å². The summed E-state index contributed by atoms with van der Waals surface area (Å²) in [6.45, 7) is 2.91. The van der Waals surface area contributed by atoms with Gasteiger partial charge in [0.25, 0.3) is 0 Å². The fraction of sp³-hybridized carbons (Fsp3) is 0.294. The average Bonchev–Trinajstić information content (AvgIpc) is 2.76. The van der Waals surface area contributed by atoms with Gasteiger partial charge in [-0.05, 0) is 24.6 Å². The van der Waals surface area contributed by atoms with Crippen LogP contribution in [0.2, 0.25) is 10.0 Å². The maximum atomic E-state index is 9.67. The number of benzene rings is 1. The monoisotopic (exact) mass is 395 g/mol. The molecule has 7 heteroatoms. The van der Waals surface area contributed by atoms with Crippen molar-refractivity contribution in [3.05, 3.63) is 56.1 Å². The van der Waals surface area contributed by atoms with Crippen molar-refractivity contribution >= 4 is 52.9 Å². The molecule has 124 valence electrons. The predicted octanol–water partition coefficient (Wildman–Crippen LogP) is 5.63. The van der Waals surface area contributed by atoms with Crippen molar-refractivity contribution in [2.24, 2.45) is 4.99 Å². The molecule has 2 aliphatic heterocycles. The first kappa shape index (κ1) is 17.8. The summed E-state index contributed by atoms with van der Waals surface area (Å²) in [5.41, 5.74) is 1.73. The Hall–Kier alpha value is -1.06. The largest absolute Gasteiger partial charge is 0.336 e. The molecular weight excluding hydrogens is 381 g/mol. The lowest BCUT2D eigenvalue weighted by atomic mass is 10.0. The average molecular weight is 396 g/mol. The Labute approximate surface area is 160 Å². The lowest BCUT2D eigenvalue weighted by molar-refractivity contribution is 0.499. The van der Waals surface area contributed by atoms with E-state index in [1.807, 2.05) is 29.4 Å². The van der Waals surface area contributed by atoms with E-state index in [2.05, 4.69) is 18.0 Å². The maximum Gasteiger partial charge on any atom is 0.140 e. The minimum Gasteiger partial charge on any atom is -0.336 e. The SMILES string of the molecule is C[C@@]1(c2ccc(Cl)cc2Cl)CS/C(=C(/C#N)N2C=CN=CCC2)S1. The van der Waals surface area contributed by atoms with Crippen LogP contribution in [-0.2, 0) is 4.75 Å². The molecule has 0 unspecified atom stereocenters. The Morgan fingerprint density at radius 1 is 1.42 bits per heavy atom. The summed E-state index contributed by atoms with van der Waals surface area (Å²) in [5.74, 6) is 0.855. The highest BCUT2D eigenvalue weighted by atomic mass is 35.5. The van der Waals surface area contributed by atoms with Gasteiger partial charge in [0.2, 0.25) is 0 Å². The van der Waals surface area contributed by atoms with Crippen molar-refractivity contribution in [3.63, 3.8) is 0 Å². The molecule has 24 heavy (non-hydrogen) atoms. The second kappa shape index (κ2) is 7.45. The molecule has 3 nitrogen and oxygen atoms in total. The van der Waals surface area contributed by atoms with Gasteiger partial charge in [-0.25, -0.2) is 0 Å². The molecule has 2 aliphatic rings. The summed E-state index contributed by atoms with van der Waals surface area (Å²) in [4.78, 5) is 6.11. The van der Waals surface area contributed by atoms with Crippen molar-refractivity contribution in [2.75, 3.05) is 12.3 Å². The van der Waals surface area contributed by atoms with Crippen LogP contribution in [0.1, 0.15) is 18.9 Å². The van der Waals surface area contributed by atoms with Crippen LogP contribution in [0.5, 0.6) is 0 Å². The van der Waals surface area contributed by atoms with Gasteiger partial charge in [-0.3, -0.25) is 4.99 Å². The Morgan fingerprint density at radius 2 is 2.25 bits per heavy atom. The summed E-state index contributed by atoms with van der Waals surface area (Å²) in [6, 6.07) is 7.97. The maximum absolute atomic E-state index is 9.67. The molecule has 1 atom stereocenters. The zero-order valence-electron chi connectivity index (χ0n) is 13.0. The van der Waals surface area contributed by atoms with E-state index >= 15 is 0 Å². The molecule has 1 aromatic rings. The Morgan fingerprint density at radius 3 is 3.00 bits per heavy atom.